The van der Waals surface area contributed by atoms with Crippen molar-refractivity contribution in [2.24, 2.45) is 11.8 Å². The van der Waals surface area contributed by atoms with E-state index in [4.69, 9.17) is 9.47 Å². The zero-order valence-corrected chi connectivity index (χ0v) is 23.8. The maximum atomic E-state index is 13.4. The van der Waals surface area contributed by atoms with Crippen LogP contribution in [0.4, 0.5) is 0 Å². The highest BCUT2D eigenvalue weighted by molar-refractivity contribution is 6.15. The third-order valence-corrected chi connectivity index (χ3v) is 8.11. The van der Waals surface area contributed by atoms with Gasteiger partial charge in [0.25, 0.3) is 5.91 Å². The molecule has 216 valence electrons. The highest BCUT2D eigenvalue weighted by Crippen LogP contribution is 2.35. The fourth-order valence-corrected chi connectivity index (χ4v) is 5.54. The van der Waals surface area contributed by atoms with Crippen molar-refractivity contribution >= 4 is 23.4 Å². The van der Waals surface area contributed by atoms with E-state index in [9.17, 15) is 24.3 Å². The first kappa shape index (κ1) is 31.2. The van der Waals surface area contributed by atoms with E-state index in [2.05, 4.69) is 0 Å². The van der Waals surface area contributed by atoms with E-state index in [1.54, 1.807) is 55.6 Å². The minimum absolute atomic E-state index is 0.0311. The molecule has 0 radical (unpaired) electrons. The molecule has 1 N–H and O–H groups in total. The number of hydrogen-bond acceptors (Lipinski definition) is 7. The number of methoxy groups -OCH3 is 1. The number of Topliss-reactive ketones (excluding diaryl/α,β-unsaturated/α-hetero) is 1. The lowest BCUT2D eigenvalue weighted by molar-refractivity contribution is -0.154. The molecule has 1 saturated carbocycles. The van der Waals surface area contributed by atoms with Gasteiger partial charge in [-0.15, -0.1) is 0 Å². The first-order valence-electron chi connectivity index (χ1n) is 14.2. The molecule has 40 heavy (non-hydrogen) atoms. The summed E-state index contributed by atoms with van der Waals surface area (Å²) in [5.41, 5.74) is 0.212. The van der Waals surface area contributed by atoms with Crippen LogP contribution in [0.25, 0.3) is 0 Å². The van der Waals surface area contributed by atoms with E-state index >= 15 is 0 Å². The van der Waals surface area contributed by atoms with E-state index in [1.165, 1.54) is 4.90 Å². The van der Waals surface area contributed by atoms with Crippen molar-refractivity contribution in [1.82, 2.24) is 4.90 Å². The molecule has 3 rings (SSSR count). The van der Waals surface area contributed by atoms with Crippen LogP contribution in [-0.4, -0.2) is 72.5 Å². The predicted molar refractivity (Wildman–Crippen MR) is 151 cm³/mol. The molecule has 0 spiro atoms. The Morgan fingerprint density at radius 3 is 2.00 bits per heavy atom. The number of rotatable bonds is 14. The van der Waals surface area contributed by atoms with Gasteiger partial charge in [0, 0.05) is 30.7 Å². The largest absolute Gasteiger partial charge is 0.464 e. The van der Waals surface area contributed by atoms with Crippen LogP contribution in [0.5, 0.6) is 0 Å². The Balaban J connectivity index is 1.57. The SMILES string of the molecule is CCC(CC)(OC)C(=O)C1CCC(C(=O)OCCN(CCO)C(=O)c2ccccc2C(=O)c2ccccc2)CC1. The van der Waals surface area contributed by atoms with Gasteiger partial charge in [0.15, 0.2) is 11.6 Å². The number of ether oxygens (including phenoxy) is 2. The Labute approximate surface area is 236 Å². The van der Waals surface area contributed by atoms with Gasteiger partial charge < -0.3 is 19.5 Å². The maximum absolute atomic E-state index is 13.4. The number of hydrogen-bond donors (Lipinski definition) is 1. The maximum Gasteiger partial charge on any atom is 0.308 e. The van der Waals surface area contributed by atoms with E-state index < -0.39 is 11.5 Å². The third kappa shape index (κ3) is 7.23. The summed E-state index contributed by atoms with van der Waals surface area (Å²) in [6.07, 6.45) is 3.60. The molecular weight excluding hydrogens is 510 g/mol. The van der Waals surface area contributed by atoms with E-state index in [0.29, 0.717) is 44.1 Å². The Kier molecular flexibility index (Phi) is 11.6. The van der Waals surface area contributed by atoms with Crippen LogP contribution in [0.2, 0.25) is 0 Å². The van der Waals surface area contributed by atoms with Crippen LogP contribution in [0.15, 0.2) is 54.6 Å². The van der Waals surface area contributed by atoms with Crippen LogP contribution in [0.3, 0.4) is 0 Å². The number of amides is 1. The van der Waals surface area contributed by atoms with Crippen molar-refractivity contribution in [1.29, 1.82) is 0 Å². The molecule has 2 aromatic rings. The smallest absolute Gasteiger partial charge is 0.308 e. The molecule has 2 aromatic carbocycles. The topological polar surface area (TPSA) is 110 Å². The van der Waals surface area contributed by atoms with Crippen molar-refractivity contribution in [3.8, 4) is 0 Å². The van der Waals surface area contributed by atoms with E-state index in [0.717, 1.165) is 0 Å². The van der Waals surface area contributed by atoms with Crippen molar-refractivity contribution in [2.45, 2.75) is 58.0 Å². The van der Waals surface area contributed by atoms with Crippen molar-refractivity contribution in [3.63, 3.8) is 0 Å². The number of carbonyl (C=O) groups is 4. The van der Waals surface area contributed by atoms with Crippen molar-refractivity contribution < 1.29 is 33.8 Å². The number of esters is 1. The zero-order valence-electron chi connectivity index (χ0n) is 23.8. The highest BCUT2D eigenvalue weighted by Gasteiger charge is 2.41. The molecule has 0 unspecified atom stereocenters. The normalized spacial score (nSPS) is 17.2. The second-order valence-electron chi connectivity index (χ2n) is 10.2. The van der Waals surface area contributed by atoms with Gasteiger partial charge in [0.2, 0.25) is 0 Å². The summed E-state index contributed by atoms with van der Waals surface area (Å²) < 4.78 is 11.1. The standard InChI is InChI=1S/C32H41NO7/c1-4-32(5-2,39-3)29(36)24-15-17-25(18-16-24)31(38)40-22-20-33(19-21-34)30(37)27-14-10-9-13-26(27)28(35)23-11-7-6-8-12-23/h6-14,24-25,34H,4-5,15-22H2,1-3H3. The summed E-state index contributed by atoms with van der Waals surface area (Å²) in [4.78, 5) is 53.8. The van der Waals surface area contributed by atoms with Gasteiger partial charge in [-0.1, -0.05) is 62.4 Å². The molecule has 0 atom stereocenters. The quantitative estimate of drug-likeness (QED) is 0.272. The lowest BCUT2D eigenvalue weighted by atomic mass is 9.74. The van der Waals surface area contributed by atoms with Gasteiger partial charge in [-0.05, 0) is 44.6 Å². The summed E-state index contributed by atoms with van der Waals surface area (Å²) in [5, 5.41) is 9.58. The molecule has 1 aliphatic carbocycles. The number of aliphatic hydroxyl groups excluding tert-OH is 1. The fraction of sp³-hybridized carbons (Fsp3) is 0.500. The monoisotopic (exact) mass is 551 g/mol. The van der Waals surface area contributed by atoms with Crippen molar-refractivity contribution in [2.75, 3.05) is 33.4 Å². The number of aliphatic hydroxyl groups is 1. The van der Waals surface area contributed by atoms with Gasteiger partial charge in [-0.25, -0.2) is 0 Å². The average molecular weight is 552 g/mol. The van der Waals surface area contributed by atoms with E-state index in [-0.39, 0.29) is 66.8 Å². The van der Waals surface area contributed by atoms with Crippen LogP contribution in [-0.2, 0) is 19.1 Å². The Bertz CT molecular complexity index is 1140. The lowest BCUT2D eigenvalue weighted by Gasteiger charge is -2.35. The summed E-state index contributed by atoms with van der Waals surface area (Å²) >= 11 is 0. The number of ketones is 2. The third-order valence-electron chi connectivity index (χ3n) is 8.11. The summed E-state index contributed by atoms with van der Waals surface area (Å²) in [5.74, 6) is -1.33. The number of nitrogens with zero attached hydrogens (tertiary/aromatic N) is 1. The first-order chi connectivity index (χ1) is 19.3. The summed E-state index contributed by atoms with van der Waals surface area (Å²) in [6, 6.07) is 15.3. The van der Waals surface area contributed by atoms with Gasteiger partial charge in [0.05, 0.1) is 24.6 Å². The summed E-state index contributed by atoms with van der Waals surface area (Å²) in [7, 11) is 1.58. The number of benzene rings is 2. The van der Waals surface area contributed by atoms with Gasteiger partial charge in [-0.3, -0.25) is 19.2 Å². The van der Waals surface area contributed by atoms with Crippen LogP contribution < -0.4 is 0 Å². The highest BCUT2D eigenvalue weighted by atomic mass is 16.5. The second-order valence-corrected chi connectivity index (χ2v) is 10.2. The molecule has 0 heterocycles. The van der Waals surface area contributed by atoms with Crippen LogP contribution in [0.1, 0.15) is 78.7 Å². The molecule has 0 aromatic heterocycles. The van der Waals surface area contributed by atoms with Gasteiger partial charge >= 0.3 is 5.97 Å². The number of carbonyl (C=O) groups excluding carboxylic acids is 4. The second kappa shape index (κ2) is 14.9. The molecule has 1 aliphatic rings. The molecule has 8 heteroatoms. The first-order valence-corrected chi connectivity index (χ1v) is 14.2. The predicted octanol–water partition coefficient (Wildman–Crippen LogP) is 4.48. The minimum Gasteiger partial charge on any atom is -0.464 e. The molecular formula is C32H41NO7. The molecule has 8 nitrogen and oxygen atoms in total. The molecule has 0 aliphatic heterocycles. The average Bonchev–Trinajstić information content (AvgIpc) is 3.01. The summed E-state index contributed by atoms with van der Waals surface area (Å²) in [6.45, 7) is 3.72. The zero-order chi connectivity index (χ0) is 29.1. The fourth-order valence-electron chi connectivity index (χ4n) is 5.54. The van der Waals surface area contributed by atoms with Gasteiger partial charge in [0.1, 0.15) is 12.2 Å². The molecule has 0 saturated heterocycles. The van der Waals surface area contributed by atoms with Gasteiger partial charge in [-0.2, -0.15) is 0 Å². The Morgan fingerprint density at radius 1 is 0.850 bits per heavy atom. The molecule has 1 amide bonds. The van der Waals surface area contributed by atoms with Crippen LogP contribution in [0, 0.1) is 11.8 Å². The van der Waals surface area contributed by atoms with Crippen molar-refractivity contribution in [3.05, 3.63) is 71.3 Å². The minimum atomic E-state index is -0.759. The molecule has 1 fully saturated rings. The Morgan fingerprint density at radius 2 is 1.43 bits per heavy atom. The Hall–Kier alpha value is -3.36. The molecule has 0 bridgehead atoms. The van der Waals surface area contributed by atoms with Crippen LogP contribution >= 0.6 is 0 Å². The lowest BCUT2D eigenvalue weighted by Crippen LogP contribution is -2.44. The van der Waals surface area contributed by atoms with E-state index in [1.807, 2.05) is 19.9 Å².